The minimum absolute atomic E-state index is 0.0367. The maximum absolute atomic E-state index is 13.9. The molecule has 2 rings (SSSR count). The summed E-state index contributed by atoms with van der Waals surface area (Å²) in [6.07, 6.45) is 8.17. The predicted octanol–water partition coefficient (Wildman–Crippen LogP) is 2.90. The first-order valence-corrected chi connectivity index (χ1v) is 6.53. The van der Waals surface area contributed by atoms with E-state index in [1.807, 2.05) is 12.1 Å². The van der Waals surface area contributed by atoms with Gasteiger partial charge in [0.15, 0.2) is 0 Å². The molecule has 100 valence electrons. The molecule has 0 fully saturated rings. The van der Waals surface area contributed by atoms with Crippen molar-refractivity contribution in [3.63, 3.8) is 0 Å². The molecular formula is C15H18FN3. The molecule has 2 aromatic rings. The van der Waals surface area contributed by atoms with Crippen LogP contribution in [0.15, 0.2) is 43.0 Å². The molecule has 0 spiro atoms. The van der Waals surface area contributed by atoms with E-state index in [1.54, 1.807) is 24.7 Å². The van der Waals surface area contributed by atoms with Gasteiger partial charge < -0.3 is 5.32 Å². The van der Waals surface area contributed by atoms with E-state index >= 15 is 0 Å². The maximum atomic E-state index is 13.9. The Hall–Kier alpha value is -1.81. The van der Waals surface area contributed by atoms with E-state index in [-0.39, 0.29) is 11.9 Å². The van der Waals surface area contributed by atoms with Gasteiger partial charge in [-0.2, -0.15) is 0 Å². The second-order valence-electron chi connectivity index (χ2n) is 4.46. The van der Waals surface area contributed by atoms with E-state index in [0.29, 0.717) is 5.56 Å². The molecule has 2 aromatic heterocycles. The van der Waals surface area contributed by atoms with E-state index in [2.05, 4.69) is 22.2 Å². The first-order valence-electron chi connectivity index (χ1n) is 6.53. The van der Waals surface area contributed by atoms with Gasteiger partial charge >= 0.3 is 0 Å². The summed E-state index contributed by atoms with van der Waals surface area (Å²) in [6.45, 7) is 2.96. The van der Waals surface area contributed by atoms with Crippen LogP contribution in [0.4, 0.5) is 4.39 Å². The van der Waals surface area contributed by atoms with Crippen molar-refractivity contribution in [2.24, 2.45) is 0 Å². The number of hydrogen-bond acceptors (Lipinski definition) is 3. The van der Waals surface area contributed by atoms with Gasteiger partial charge in [0.05, 0.1) is 6.20 Å². The van der Waals surface area contributed by atoms with Gasteiger partial charge in [0, 0.05) is 30.2 Å². The summed E-state index contributed by atoms with van der Waals surface area (Å²) in [5.41, 5.74) is 1.81. The molecule has 1 unspecified atom stereocenters. The Morgan fingerprint density at radius 3 is 2.58 bits per heavy atom. The summed E-state index contributed by atoms with van der Waals surface area (Å²) in [7, 11) is 0. The van der Waals surface area contributed by atoms with Gasteiger partial charge in [-0.3, -0.25) is 9.97 Å². The van der Waals surface area contributed by atoms with Crippen molar-refractivity contribution in [2.45, 2.75) is 25.8 Å². The Kier molecular flexibility index (Phi) is 4.98. The normalized spacial score (nSPS) is 12.3. The molecule has 4 heteroatoms. The van der Waals surface area contributed by atoms with Gasteiger partial charge in [-0.1, -0.05) is 6.92 Å². The molecule has 0 bridgehead atoms. The topological polar surface area (TPSA) is 37.8 Å². The third kappa shape index (κ3) is 3.83. The molecule has 0 aliphatic carbocycles. The van der Waals surface area contributed by atoms with E-state index < -0.39 is 0 Å². The monoisotopic (exact) mass is 259 g/mol. The molecule has 1 atom stereocenters. The Labute approximate surface area is 112 Å². The fourth-order valence-electron chi connectivity index (χ4n) is 2.03. The van der Waals surface area contributed by atoms with Crippen LogP contribution in [0.25, 0.3) is 0 Å². The van der Waals surface area contributed by atoms with E-state index in [9.17, 15) is 4.39 Å². The standard InChI is InChI=1S/C15H18FN3/c1-2-6-19-15(10-12-3-7-17-8-4-12)13-5-9-18-11-14(13)16/h3-5,7-9,11,15,19H,2,6,10H2,1H3. The van der Waals surface area contributed by atoms with Crippen LogP contribution in [-0.2, 0) is 6.42 Å². The van der Waals surface area contributed by atoms with Gasteiger partial charge in [0.1, 0.15) is 5.82 Å². The molecule has 0 saturated heterocycles. The lowest BCUT2D eigenvalue weighted by molar-refractivity contribution is 0.495. The van der Waals surface area contributed by atoms with Crippen molar-refractivity contribution in [2.75, 3.05) is 6.54 Å². The van der Waals surface area contributed by atoms with Crippen molar-refractivity contribution >= 4 is 0 Å². The number of pyridine rings is 2. The van der Waals surface area contributed by atoms with Gasteiger partial charge in [-0.15, -0.1) is 0 Å². The van der Waals surface area contributed by atoms with E-state index in [4.69, 9.17) is 0 Å². The first-order chi connectivity index (χ1) is 9.31. The highest BCUT2D eigenvalue weighted by atomic mass is 19.1. The van der Waals surface area contributed by atoms with Crippen molar-refractivity contribution in [3.05, 3.63) is 59.9 Å². The Balaban J connectivity index is 2.19. The Bertz CT molecular complexity index is 502. The SMILES string of the molecule is CCCNC(Cc1ccncc1)c1ccncc1F. The third-order valence-corrected chi connectivity index (χ3v) is 3.01. The van der Waals surface area contributed by atoms with Crippen LogP contribution >= 0.6 is 0 Å². The molecule has 0 aliphatic rings. The maximum Gasteiger partial charge on any atom is 0.146 e. The molecule has 3 nitrogen and oxygen atoms in total. The van der Waals surface area contributed by atoms with E-state index in [0.717, 1.165) is 24.9 Å². The molecule has 0 aliphatic heterocycles. The summed E-state index contributed by atoms with van der Waals surface area (Å²) in [5.74, 6) is -0.259. The van der Waals surface area contributed by atoms with Crippen LogP contribution in [0, 0.1) is 5.82 Å². The molecule has 2 heterocycles. The van der Waals surface area contributed by atoms with Gasteiger partial charge in [-0.05, 0) is 43.1 Å². The second kappa shape index (κ2) is 6.95. The summed E-state index contributed by atoms with van der Waals surface area (Å²) in [6, 6.07) is 5.62. The number of hydrogen-bond donors (Lipinski definition) is 1. The lowest BCUT2D eigenvalue weighted by Crippen LogP contribution is -2.25. The van der Waals surface area contributed by atoms with Crippen molar-refractivity contribution < 1.29 is 4.39 Å². The van der Waals surface area contributed by atoms with Crippen LogP contribution in [0.5, 0.6) is 0 Å². The molecule has 19 heavy (non-hydrogen) atoms. The van der Waals surface area contributed by atoms with Gasteiger partial charge in [0.2, 0.25) is 0 Å². The van der Waals surface area contributed by atoms with Crippen LogP contribution in [0.2, 0.25) is 0 Å². The minimum Gasteiger partial charge on any atom is -0.310 e. The summed E-state index contributed by atoms with van der Waals surface area (Å²) in [4.78, 5) is 7.80. The number of nitrogens with one attached hydrogen (secondary N) is 1. The number of halogens is 1. The third-order valence-electron chi connectivity index (χ3n) is 3.01. The molecular weight excluding hydrogens is 241 g/mol. The Morgan fingerprint density at radius 1 is 1.16 bits per heavy atom. The predicted molar refractivity (Wildman–Crippen MR) is 73.2 cm³/mol. The zero-order chi connectivity index (χ0) is 13.5. The van der Waals surface area contributed by atoms with Gasteiger partial charge in [0.25, 0.3) is 0 Å². The second-order valence-corrected chi connectivity index (χ2v) is 4.46. The average Bonchev–Trinajstić information content (AvgIpc) is 2.45. The minimum atomic E-state index is -0.259. The zero-order valence-electron chi connectivity index (χ0n) is 11.0. The molecule has 1 N–H and O–H groups in total. The molecule has 0 aromatic carbocycles. The summed E-state index contributed by atoms with van der Waals surface area (Å²) in [5, 5.41) is 3.39. The van der Waals surface area contributed by atoms with Crippen LogP contribution in [-0.4, -0.2) is 16.5 Å². The summed E-state index contributed by atoms with van der Waals surface area (Å²) < 4.78 is 13.9. The molecule has 0 radical (unpaired) electrons. The number of nitrogens with zero attached hydrogens (tertiary/aromatic N) is 2. The van der Waals surface area contributed by atoms with Crippen molar-refractivity contribution in [3.8, 4) is 0 Å². The largest absolute Gasteiger partial charge is 0.310 e. The highest BCUT2D eigenvalue weighted by molar-refractivity contribution is 5.21. The molecule has 0 saturated carbocycles. The molecule has 0 amide bonds. The number of rotatable bonds is 6. The average molecular weight is 259 g/mol. The zero-order valence-corrected chi connectivity index (χ0v) is 11.0. The van der Waals surface area contributed by atoms with Crippen molar-refractivity contribution in [1.82, 2.24) is 15.3 Å². The van der Waals surface area contributed by atoms with Gasteiger partial charge in [-0.25, -0.2) is 4.39 Å². The number of aromatic nitrogens is 2. The smallest absolute Gasteiger partial charge is 0.146 e. The fourth-order valence-corrected chi connectivity index (χ4v) is 2.03. The van der Waals surface area contributed by atoms with Crippen LogP contribution in [0.1, 0.15) is 30.5 Å². The Morgan fingerprint density at radius 2 is 1.89 bits per heavy atom. The van der Waals surface area contributed by atoms with Crippen LogP contribution < -0.4 is 5.32 Å². The highest BCUT2D eigenvalue weighted by Crippen LogP contribution is 2.20. The quantitative estimate of drug-likeness (QED) is 0.866. The first kappa shape index (κ1) is 13.6. The fraction of sp³-hybridized carbons (Fsp3) is 0.333. The lowest BCUT2D eigenvalue weighted by atomic mass is 10.00. The van der Waals surface area contributed by atoms with Crippen LogP contribution in [0.3, 0.4) is 0 Å². The highest BCUT2D eigenvalue weighted by Gasteiger charge is 2.15. The lowest BCUT2D eigenvalue weighted by Gasteiger charge is -2.19. The van der Waals surface area contributed by atoms with E-state index in [1.165, 1.54) is 6.20 Å². The van der Waals surface area contributed by atoms with Crippen molar-refractivity contribution in [1.29, 1.82) is 0 Å². The summed E-state index contributed by atoms with van der Waals surface area (Å²) >= 11 is 0.